The molecule has 1 heterocycles. The molecule has 2 unspecified atom stereocenters. The van der Waals surface area contributed by atoms with E-state index in [1.807, 2.05) is 6.92 Å². The molecule has 0 aromatic carbocycles. The summed E-state index contributed by atoms with van der Waals surface area (Å²) in [4.78, 5) is 11.3. The van der Waals surface area contributed by atoms with E-state index in [0.29, 0.717) is 26.1 Å². The Labute approximate surface area is 115 Å². The van der Waals surface area contributed by atoms with Gasteiger partial charge < -0.3 is 5.11 Å². The second kappa shape index (κ2) is 6.67. The van der Waals surface area contributed by atoms with Crippen LogP contribution in [0.1, 0.15) is 40.0 Å². The highest BCUT2D eigenvalue weighted by atomic mass is 32.2. The Morgan fingerprint density at radius 2 is 1.84 bits per heavy atom. The normalized spacial score (nSPS) is 25.7. The van der Waals surface area contributed by atoms with Crippen molar-refractivity contribution in [1.82, 2.24) is 8.61 Å². The van der Waals surface area contributed by atoms with Gasteiger partial charge in [0.15, 0.2) is 0 Å². The zero-order valence-corrected chi connectivity index (χ0v) is 12.7. The molecule has 0 bridgehead atoms. The van der Waals surface area contributed by atoms with Gasteiger partial charge in [-0.05, 0) is 18.8 Å². The Morgan fingerprint density at radius 3 is 2.26 bits per heavy atom. The molecule has 1 aliphatic rings. The number of carboxylic acids is 1. The van der Waals surface area contributed by atoms with Gasteiger partial charge in [0, 0.05) is 19.6 Å². The first kappa shape index (κ1) is 16.4. The Morgan fingerprint density at radius 1 is 1.26 bits per heavy atom. The van der Waals surface area contributed by atoms with E-state index in [0.717, 1.165) is 12.8 Å². The first-order valence-corrected chi connectivity index (χ1v) is 8.27. The Kier molecular flexibility index (Phi) is 5.76. The molecule has 0 aromatic heterocycles. The molecule has 6 nitrogen and oxygen atoms in total. The number of carboxylic acid groups (broad SMARTS) is 1. The van der Waals surface area contributed by atoms with Gasteiger partial charge in [0.05, 0.1) is 0 Å². The third kappa shape index (κ3) is 3.46. The molecule has 0 spiro atoms. The number of rotatable bonds is 6. The monoisotopic (exact) mass is 292 g/mol. The zero-order valence-electron chi connectivity index (χ0n) is 11.9. The highest BCUT2D eigenvalue weighted by Crippen LogP contribution is 2.28. The SMILES string of the molecule is CCC1CCC(C(=O)O)N(S(=O)(=O)N(CC)CC)C1. The van der Waals surface area contributed by atoms with Crippen LogP contribution in [-0.2, 0) is 15.0 Å². The second-order valence-electron chi connectivity index (χ2n) is 4.87. The first-order chi connectivity index (χ1) is 8.88. The quantitative estimate of drug-likeness (QED) is 0.796. The fourth-order valence-electron chi connectivity index (χ4n) is 2.54. The first-order valence-electron chi connectivity index (χ1n) is 6.88. The number of piperidine rings is 1. The summed E-state index contributed by atoms with van der Waals surface area (Å²) in [6.07, 6.45) is 2.04. The molecule has 1 saturated heterocycles. The highest BCUT2D eigenvalue weighted by Gasteiger charge is 2.41. The van der Waals surface area contributed by atoms with Gasteiger partial charge in [-0.3, -0.25) is 4.79 Å². The molecule has 1 rings (SSSR count). The summed E-state index contributed by atoms with van der Waals surface area (Å²) < 4.78 is 27.5. The van der Waals surface area contributed by atoms with Crippen molar-refractivity contribution in [2.45, 2.75) is 46.1 Å². The van der Waals surface area contributed by atoms with Gasteiger partial charge in [-0.15, -0.1) is 0 Å². The largest absolute Gasteiger partial charge is 0.480 e. The third-order valence-electron chi connectivity index (χ3n) is 3.82. The van der Waals surface area contributed by atoms with E-state index >= 15 is 0 Å². The van der Waals surface area contributed by atoms with Crippen molar-refractivity contribution in [3.05, 3.63) is 0 Å². The molecule has 112 valence electrons. The standard InChI is InChI=1S/C12H24N2O4S/c1-4-10-7-8-11(12(15)16)14(9-10)19(17,18)13(5-2)6-3/h10-11H,4-9H2,1-3H3,(H,15,16). The van der Waals surface area contributed by atoms with Crippen LogP contribution >= 0.6 is 0 Å². The highest BCUT2D eigenvalue weighted by molar-refractivity contribution is 7.86. The topological polar surface area (TPSA) is 77.9 Å². The van der Waals surface area contributed by atoms with Crippen molar-refractivity contribution in [3.63, 3.8) is 0 Å². The predicted molar refractivity (Wildman–Crippen MR) is 73.0 cm³/mol. The number of nitrogens with zero attached hydrogens (tertiary/aromatic N) is 2. The van der Waals surface area contributed by atoms with E-state index in [9.17, 15) is 18.3 Å². The van der Waals surface area contributed by atoms with Gasteiger partial charge >= 0.3 is 5.97 Å². The maximum absolute atomic E-state index is 12.5. The van der Waals surface area contributed by atoms with Crippen molar-refractivity contribution < 1.29 is 18.3 Å². The summed E-state index contributed by atoms with van der Waals surface area (Å²) in [5, 5.41) is 9.23. The van der Waals surface area contributed by atoms with Gasteiger partial charge in [0.2, 0.25) is 0 Å². The fraction of sp³-hybridized carbons (Fsp3) is 0.917. The predicted octanol–water partition coefficient (Wildman–Crippen LogP) is 1.15. The number of carbonyl (C=O) groups is 1. The fourth-order valence-corrected chi connectivity index (χ4v) is 4.41. The van der Waals surface area contributed by atoms with E-state index < -0.39 is 22.2 Å². The molecule has 19 heavy (non-hydrogen) atoms. The van der Waals surface area contributed by atoms with Crippen LogP contribution in [0.3, 0.4) is 0 Å². The molecule has 7 heteroatoms. The summed E-state index contributed by atoms with van der Waals surface area (Å²) in [6.45, 7) is 6.56. The molecule has 2 atom stereocenters. The van der Waals surface area contributed by atoms with Gasteiger partial charge in [0.1, 0.15) is 6.04 Å². The van der Waals surface area contributed by atoms with Crippen LogP contribution in [0.5, 0.6) is 0 Å². The molecule has 0 amide bonds. The van der Waals surface area contributed by atoms with Crippen LogP contribution in [-0.4, -0.2) is 53.8 Å². The molecule has 1 aliphatic heterocycles. The average Bonchev–Trinajstić information content (AvgIpc) is 2.38. The van der Waals surface area contributed by atoms with Crippen LogP contribution in [0.2, 0.25) is 0 Å². The molecule has 0 aromatic rings. The number of aliphatic carboxylic acids is 1. The van der Waals surface area contributed by atoms with E-state index in [1.165, 1.54) is 8.61 Å². The maximum Gasteiger partial charge on any atom is 0.322 e. The summed E-state index contributed by atoms with van der Waals surface area (Å²) in [6, 6.07) is -0.923. The molecule has 0 saturated carbocycles. The average molecular weight is 292 g/mol. The van der Waals surface area contributed by atoms with Gasteiger partial charge in [-0.25, -0.2) is 0 Å². The van der Waals surface area contributed by atoms with Crippen molar-refractivity contribution in [2.75, 3.05) is 19.6 Å². The summed E-state index contributed by atoms with van der Waals surface area (Å²) >= 11 is 0. The Hall–Kier alpha value is -0.660. The lowest BCUT2D eigenvalue weighted by molar-refractivity contribution is -0.142. The van der Waals surface area contributed by atoms with Crippen molar-refractivity contribution in [1.29, 1.82) is 0 Å². The zero-order chi connectivity index (χ0) is 14.6. The van der Waals surface area contributed by atoms with Crippen LogP contribution in [0.25, 0.3) is 0 Å². The molecular formula is C12H24N2O4S. The number of hydrogen-bond acceptors (Lipinski definition) is 3. The summed E-state index contributed by atoms with van der Waals surface area (Å²) in [7, 11) is -3.68. The Balaban J connectivity index is 3.05. The minimum Gasteiger partial charge on any atom is -0.480 e. The van der Waals surface area contributed by atoms with E-state index in [1.54, 1.807) is 13.8 Å². The van der Waals surface area contributed by atoms with E-state index in [4.69, 9.17) is 0 Å². The van der Waals surface area contributed by atoms with Gasteiger partial charge in [0.25, 0.3) is 10.2 Å². The van der Waals surface area contributed by atoms with E-state index in [2.05, 4.69) is 0 Å². The summed E-state index contributed by atoms with van der Waals surface area (Å²) in [5.74, 6) is -0.800. The van der Waals surface area contributed by atoms with Crippen LogP contribution in [0.15, 0.2) is 0 Å². The van der Waals surface area contributed by atoms with Crippen molar-refractivity contribution in [2.24, 2.45) is 5.92 Å². The molecule has 1 N–H and O–H groups in total. The molecule has 0 aliphatic carbocycles. The van der Waals surface area contributed by atoms with Crippen LogP contribution in [0.4, 0.5) is 0 Å². The van der Waals surface area contributed by atoms with Crippen molar-refractivity contribution in [3.8, 4) is 0 Å². The molecule has 0 radical (unpaired) electrons. The smallest absolute Gasteiger partial charge is 0.322 e. The lowest BCUT2D eigenvalue weighted by Gasteiger charge is -2.38. The van der Waals surface area contributed by atoms with Gasteiger partial charge in [-0.2, -0.15) is 17.0 Å². The van der Waals surface area contributed by atoms with Crippen LogP contribution < -0.4 is 0 Å². The van der Waals surface area contributed by atoms with Crippen LogP contribution in [0, 0.1) is 5.92 Å². The second-order valence-corrected chi connectivity index (χ2v) is 6.75. The molecule has 1 fully saturated rings. The minimum atomic E-state index is -3.68. The van der Waals surface area contributed by atoms with Crippen molar-refractivity contribution >= 4 is 16.2 Å². The number of hydrogen-bond donors (Lipinski definition) is 1. The third-order valence-corrected chi connectivity index (χ3v) is 5.99. The minimum absolute atomic E-state index is 0.251. The maximum atomic E-state index is 12.5. The van der Waals surface area contributed by atoms with E-state index in [-0.39, 0.29) is 5.92 Å². The molecular weight excluding hydrogens is 268 g/mol. The van der Waals surface area contributed by atoms with Gasteiger partial charge in [-0.1, -0.05) is 27.2 Å². The summed E-state index contributed by atoms with van der Waals surface area (Å²) in [5.41, 5.74) is 0. The Bertz CT molecular complexity index is 406. The lowest BCUT2D eigenvalue weighted by Crippen LogP contribution is -2.55. The lowest BCUT2D eigenvalue weighted by atomic mass is 9.93.